The number of benzene rings is 1. The number of halogens is 1. The van der Waals surface area contributed by atoms with Gasteiger partial charge in [-0.3, -0.25) is 4.98 Å². The Morgan fingerprint density at radius 2 is 2.17 bits per heavy atom. The van der Waals surface area contributed by atoms with Crippen molar-refractivity contribution in [3.05, 3.63) is 48.2 Å². The summed E-state index contributed by atoms with van der Waals surface area (Å²) >= 11 is 0. The first kappa shape index (κ1) is 15.8. The molecule has 0 spiro atoms. The smallest absolute Gasteiger partial charge is 0.241 e. The van der Waals surface area contributed by atoms with Gasteiger partial charge in [-0.25, -0.2) is 9.37 Å². The van der Waals surface area contributed by atoms with Crippen LogP contribution >= 0.6 is 0 Å². The van der Waals surface area contributed by atoms with Crippen molar-refractivity contribution in [2.24, 2.45) is 0 Å². The van der Waals surface area contributed by atoms with Gasteiger partial charge in [-0.1, -0.05) is 6.07 Å². The van der Waals surface area contributed by atoms with Gasteiger partial charge >= 0.3 is 0 Å². The molecule has 5 nitrogen and oxygen atoms in total. The van der Waals surface area contributed by atoms with Gasteiger partial charge in [0.2, 0.25) is 5.88 Å². The third-order valence-electron chi connectivity index (χ3n) is 4.01. The molecule has 0 radical (unpaired) electrons. The van der Waals surface area contributed by atoms with Crippen LogP contribution in [0.1, 0.15) is 24.5 Å². The highest BCUT2D eigenvalue weighted by atomic mass is 19.1. The summed E-state index contributed by atoms with van der Waals surface area (Å²) in [6.45, 7) is 2.62. The zero-order valence-corrected chi connectivity index (χ0v) is 12.9. The van der Waals surface area contributed by atoms with Gasteiger partial charge in [-0.05, 0) is 31.5 Å². The number of rotatable bonds is 5. The number of ether oxygens (including phenoxy) is 1. The summed E-state index contributed by atoms with van der Waals surface area (Å²) in [6.07, 6.45) is 5.27. The third-order valence-corrected chi connectivity index (χ3v) is 4.01. The monoisotopic (exact) mass is 317 g/mol. The Bertz CT molecular complexity index is 651. The lowest BCUT2D eigenvalue weighted by molar-refractivity contribution is 0.159. The zero-order chi connectivity index (χ0) is 16.1. The molecule has 1 fully saturated rings. The fourth-order valence-corrected chi connectivity index (χ4v) is 2.96. The Hall–Kier alpha value is -2.05. The molecule has 1 aromatic carbocycles. The summed E-state index contributed by atoms with van der Waals surface area (Å²) in [7, 11) is 0. The van der Waals surface area contributed by atoms with Gasteiger partial charge in [0.05, 0.1) is 6.61 Å². The third kappa shape index (κ3) is 4.03. The van der Waals surface area contributed by atoms with Crippen LogP contribution in [-0.2, 0) is 0 Å². The second-order valence-corrected chi connectivity index (χ2v) is 5.67. The summed E-state index contributed by atoms with van der Waals surface area (Å²) in [5, 5.41) is 9.12. The van der Waals surface area contributed by atoms with E-state index in [1.807, 2.05) is 0 Å². The van der Waals surface area contributed by atoms with Gasteiger partial charge in [-0.2, -0.15) is 0 Å². The average Bonchev–Trinajstić information content (AvgIpc) is 2.56. The first-order valence-electron chi connectivity index (χ1n) is 7.84. The first-order chi connectivity index (χ1) is 11.3. The molecule has 2 heterocycles. The van der Waals surface area contributed by atoms with Crippen molar-refractivity contribution in [1.82, 2.24) is 14.9 Å². The van der Waals surface area contributed by atoms with Crippen LogP contribution in [0.5, 0.6) is 11.6 Å². The van der Waals surface area contributed by atoms with E-state index >= 15 is 0 Å². The van der Waals surface area contributed by atoms with Crippen LogP contribution in [0.3, 0.4) is 0 Å². The molecule has 23 heavy (non-hydrogen) atoms. The van der Waals surface area contributed by atoms with Gasteiger partial charge in [0.1, 0.15) is 17.3 Å². The summed E-state index contributed by atoms with van der Waals surface area (Å²) in [5.41, 5.74) is 0.791. The quantitative estimate of drug-likeness (QED) is 0.918. The minimum absolute atomic E-state index is 0.153. The highest BCUT2D eigenvalue weighted by Crippen LogP contribution is 2.32. The Morgan fingerprint density at radius 3 is 3.00 bits per heavy atom. The average molecular weight is 317 g/mol. The number of hydrogen-bond acceptors (Lipinski definition) is 5. The lowest BCUT2D eigenvalue weighted by atomic mass is 9.94. The minimum Gasteiger partial charge on any atom is -0.437 e. The molecule has 0 saturated carbocycles. The van der Waals surface area contributed by atoms with Crippen molar-refractivity contribution in [1.29, 1.82) is 0 Å². The molecule has 1 aliphatic heterocycles. The molecule has 1 atom stereocenters. The number of piperidine rings is 1. The standard InChI is InChI=1S/C17H20FN3O2/c18-14-4-1-5-15(11-14)23-17-16(19-6-7-20-17)13-3-2-8-21(12-13)9-10-22/h1,4-7,11,13,22H,2-3,8-10,12H2/t13-/m0/s1. The number of hydrogen-bond donors (Lipinski definition) is 1. The first-order valence-corrected chi connectivity index (χ1v) is 7.84. The molecule has 1 N–H and O–H groups in total. The van der Waals surface area contributed by atoms with Crippen molar-refractivity contribution in [2.75, 3.05) is 26.2 Å². The van der Waals surface area contributed by atoms with Gasteiger partial charge in [0, 0.05) is 37.5 Å². The van der Waals surface area contributed by atoms with E-state index in [-0.39, 0.29) is 18.3 Å². The van der Waals surface area contributed by atoms with E-state index in [4.69, 9.17) is 9.84 Å². The van der Waals surface area contributed by atoms with Crippen molar-refractivity contribution in [2.45, 2.75) is 18.8 Å². The van der Waals surface area contributed by atoms with E-state index in [0.717, 1.165) is 31.6 Å². The molecule has 0 aliphatic carbocycles. The maximum Gasteiger partial charge on any atom is 0.241 e. The van der Waals surface area contributed by atoms with Crippen LogP contribution in [0, 0.1) is 5.82 Å². The Morgan fingerprint density at radius 1 is 1.30 bits per heavy atom. The van der Waals surface area contributed by atoms with Crippen molar-refractivity contribution in [3.8, 4) is 11.6 Å². The molecule has 1 saturated heterocycles. The van der Waals surface area contributed by atoms with Crippen LogP contribution in [0.25, 0.3) is 0 Å². The van der Waals surface area contributed by atoms with Crippen LogP contribution in [0.2, 0.25) is 0 Å². The largest absolute Gasteiger partial charge is 0.437 e. The molecular formula is C17H20FN3O2. The number of likely N-dealkylation sites (tertiary alicyclic amines) is 1. The summed E-state index contributed by atoms with van der Waals surface area (Å²) in [6, 6.07) is 6.00. The lowest BCUT2D eigenvalue weighted by Gasteiger charge is -2.32. The topological polar surface area (TPSA) is 58.5 Å². The second-order valence-electron chi connectivity index (χ2n) is 5.67. The van der Waals surface area contributed by atoms with Crippen LogP contribution in [0.15, 0.2) is 36.7 Å². The molecule has 0 bridgehead atoms. The Kier molecular flexibility index (Phi) is 5.15. The Labute approximate surface area is 134 Å². The van der Waals surface area contributed by atoms with E-state index in [1.54, 1.807) is 24.5 Å². The number of nitrogens with zero attached hydrogens (tertiary/aromatic N) is 3. The fraction of sp³-hybridized carbons (Fsp3) is 0.412. The molecule has 122 valence electrons. The molecule has 6 heteroatoms. The van der Waals surface area contributed by atoms with Crippen LogP contribution < -0.4 is 4.74 Å². The summed E-state index contributed by atoms with van der Waals surface area (Å²) in [5.74, 6) is 0.691. The maximum atomic E-state index is 13.3. The van der Waals surface area contributed by atoms with Crippen molar-refractivity contribution < 1.29 is 14.2 Å². The molecule has 0 amide bonds. The second kappa shape index (κ2) is 7.48. The van der Waals surface area contributed by atoms with E-state index in [0.29, 0.717) is 18.2 Å². The van der Waals surface area contributed by atoms with Gasteiger partial charge in [0.15, 0.2) is 0 Å². The van der Waals surface area contributed by atoms with Crippen LogP contribution in [0.4, 0.5) is 4.39 Å². The highest BCUT2D eigenvalue weighted by molar-refractivity contribution is 5.31. The predicted molar refractivity (Wildman–Crippen MR) is 84.0 cm³/mol. The zero-order valence-electron chi connectivity index (χ0n) is 12.9. The van der Waals surface area contributed by atoms with Crippen LogP contribution in [-0.4, -0.2) is 46.2 Å². The normalized spacial score (nSPS) is 18.8. The van der Waals surface area contributed by atoms with Crippen molar-refractivity contribution in [3.63, 3.8) is 0 Å². The van der Waals surface area contributed by atoms with E-state index in [9.17, 15) is 4.39 Å². The minimum atomic E-state index is -0.347. The lowest BCUT2D eigenvalue weighted by Crippen LogP contribution is -2.36. The number of aliphatic hydroxyl groups is 1. The van der Waals surface area contributed by atoms with Gasteiger partial charge < -0.3 is 14.7 Å². The number of aliphatic hydroxyl groups excluding tert-OH is 1. The molecule has 1 aliphatic rings. The van der Waals surface area contributed by atoms with E-state index < -0.39 is 0 Å². The molecule has 0 unspecified atom stereocenters. The number of aromatic nitrogens is 2. The molecular weight excluding hydrogens is 297 g/mol. The predicted octanol–water partition coefficient (Wildman–Crippen LogP) is 2.58. The summed E-state index contributed by atoms with van der Waals surface area (Å²) in [4.78, 5) is 10.9. The molecule has 3 rings (SSSR count). The summed E-state index contributed by atoms with van der Waals surface area (Å²) < 4.78 is 19.1. The van der Waals surface area contributed by atoms with E-state index in [1.165, 1.54) is 12.1 Å². The van der Waals surface area contributed by atoms with Crippen molar-refractivity contribution >= 4 is 0 Å². The fourth-order valence-electron chi connectivity index (χ4n) is 2.96. The van der Waals surface area contributed by atoms with Gasteiger partial charge in [-0.15, -0.1) is 0 Å². The Balaban J connectivity index is 1.80. The van der Waals surface area contributed by atoms with E-state index in [2.05, 4.69) is 14.9 Å². The maximum absolute atomic E-state index is 13.3. The number of β-amino-alcohol motifs (C(OH)–C–C–N with tert-alkyl or cyclic N) is 1. The molecule has 2 aromatic rings. The molecule has 1 aromatic heterocycles. The van der Waals surface area contributed by atoms with Gasteiger partial charge in [0.25, 0.3) is 0 Å². The SMILES string of the molecule is OCCN1CCC[C@H](c2nccnc2Oc2cccc(F)c2)C1. The highest BCUT2D eigenvalue weighted by Gasteiger charge is 2.25.